The van der Waals surface area contributed by atoms with Crippen LogP contribution in [0.5, 0.6) is 0 Å². The van der Waals surface area contributed by atoms with Crippen molar-refractivity contribution >= 4 is 23.9 Å². The van der Waals surface area contributed by atoms with E-state index in [2.05, 4.69) is 16.0 Å². The molecule has 0 bridgehead atoms. The molecule has 0 aromatic heterocycles. The highest BCUT2D eigenvalue weighted by Gasteiger charge is 2.52. The van der Waals surface area contributed by atoms with Crippen molar-refractivity contribution in [3.63, 3.8) is 0 Å². The fourth-order valence-corrected chi connectivity index (χ4v) is 4.02. The van der Waals surface area contributed by atoms with E-state index in [9.17, 15) is 19.2 Å². The molecule has 5 amide bonds. The Bertz CT molecular complexity index is 616. The molecule has 1 saturated heterocycles. The predicted octanol–water partition coefficient (Wildman–Crippen LogP) is 1.91. The van der Waals surface area contributed by atoms with Gasteiger partial charge in [-0.25, -0.2) is 9.59 Å². The average molecular weight is 411 g/mol. The van der Waals surface area contributed by atoms with Gasteiger partial charge >= 0.3 is 12.1 Å². The van der Waals surface area contributed by atoms with E-state index in [1.807, 2.05) is 13.8 Å². The van der Waals surface area contributed by atoms with Crippen LogP contribution in [-0.2, 0) is 14.3 Å². The Kier molecular flexibility index (Phi) is 8.28. The van der Waals surface area contributed by atoms with Gasteiger partial charge in [-0.05, 0) is 38.5 Å². The average Bonchev–Trinajstić information content (AvgIpc) is 3.20. The van der Waals surface area contributed by atoms with E-state index in [4.69, 9.17) is 4.74 Å². The first-order chi connectivity index (χ1) is 13.8. The van der Waals surface area contributed by atoms with E-state index in [0.29, 0.717) is 38.1 Å². The number of hydrogen-bond acceptors (Lipinski definition) is 5. The molecule has 1 atom stereocenters. The van der Waals surface area contributed by atoms with Crippen molar-refractivity contribution in [2.24, 2.45) is 5.92 Å². The molecule has 0 radical (unpaired) electrons. The fraction of sp³-hybridized carbons (Fsp3) is 0.800. The van der Waals surface area contributed by atoms with E-state index < -0.39 is 11.6 Å². The van der Waals surface area contributed by atoms with Gasteiger partial charge in [0.1, 0.15) is 5.54 Å². The lowest BCUT2D eigenvalue weighted by molar-refractivity contribution is -0.131. The zero-order chi connectivity index (χ0) is 21.4. The van der Waals surface area contributed by atoms with E-state index >= 15 is 0 Å². The van der Waals surface area contributed by atoms with Crippen molar-refractivity contribution in [1.82, 2.24) is 20.9 Å². The van der Waals surface area contributed by atoms with Gasteiger partial charge in [0.25, 0.3) is 5.91 Å². The first kappa shape index (κ1) is 23.0. The van der Waals surface area contributed by atoms with Crippen molar-refractivity contribution in [2.75, 3.05) is 19.7 Å². The van der Waals surface area contributed by atoms with Crippen LogP contribution in [0.1, 0.15) is 65.7 Å². The van der Waals surface area contributed by atoms with Crippen LogP contribution >= 0.6 is 0 Å². The first-order valence-electron chi connectivity index (χ1n) is 10.6. The third kappa shape index (κ3) is 6.33. The molecule has 2 fully saturated rings. The van der Waals surface area contributed by atoms with Crippen LogP contribution in [0.4, 0.5) is 9.59 Å². The van der Waals surface area contributed by atoms with Crippen LogP contribution in [0.3, 0.4) is 0 Å². The summed E-state index contributed by atoms with van der Waals surface area (Å²) in [4.78, 5) is 49.8. The van der Waals surface area contributed by atoms with Crippen LogP contribution in [0.2, 0.25) is 0 Å². The number of nitrogens with zero attached hydrogens (tertiary/aromatic N) is 1. The van der Waals surface area contributed by atoms with Gasteiger partial charge < -0.3 is 20.7 Å². The molecule has 1 saturated carbocycles. The molecule has 0 aromatic carbocycles. The van der Waals surface area contributed by atoms with Crippen LogP contribution in [0, 0.1) is 5.92 Å². The minimum atomic E-state index is -0.706. The van der Waals surface area contributed by atoms with Gasteiger partial charge in [-0.1, -0.05) is 26.7 Å². The maximum absolute atomic E-state index is 12.6. The number of urea groups is 1. The highest BCUT2D eigenvalue weighted by molar-refractivity contribution is 6.07. The van der Waals surface area contributed by atoms with Crippen molar-refractivity contribution in [2.45, 2.75) is 77.3 Å². The molecule has 9 heteroatoms. The van der Waals surface area contributed by atoms with E-state index in [-0.39, 0.29) is 43.5 Å². The van der Waals surface area contributed by atoms with Crippen LogP contribution in [0.15, 0.2) is 0 Å². The molecule has 1 unspecified atom stereocenters. The number of nitrogens with one attached hydrogen (secondary N) is 3. The molecule has 2 rings (SSSR count). The first-order valence-corrected chi connectivity index (χ1v) is 10.6. The lowest BCUT2D eigenvalue weighted by Crippen LogP contribution is -2.45. The van der Waals surface area contributed by atoms with Crippen molar-refractivity contribution in [3.8, 4) is 0 Å². The Morgan fingerprint density at radius 3 is 2.55 bits per heavy atom. The van der Waals surface area contributed by atoms with Gasteiger partial charge in [-0.3, -0.25) is 14.5 Å². The molecule has 1 aliphatic carbocycles. The Morgan fingerprint density at radius 1 is 1.24 bits per heavy atom. The van der Waals surface area contributed by atoms with E-state index in [1.54, 1.807) is 6.92 Å². The highest BCUT2D eigenvalue weighted by atomic mass is 16.5. The van der Waals surface area contributed by atoms with Gasteiger partial charge in [0.15, 0.2) is 0 Å². The Balaban J connectivity index is 1.73. The van der Waals surface area contributed by atoms with Gasteiger partial charge in [0, 0.05) is 25.6 Å². The smallest absolute Gasteiger partial charge is 0.407 e. The largest absolute Gasteiger partial charge is 0.450 e. The summed E-state index contributed by atoms with van der Waals surface area (Å²) in [5, 5.41) is 8.42. The van der Waals surface area contributed by atoms with E-state index in [1.165, 1.54) is 4.90 Å². The third-order valence-corrected chi connectivity index (χ3v) is 5.39. The number of amides is 5. The fourth-order valence-electron chi connectivity index (χ4n) is 4.02. The topological polar surface area (TPSA) is 117 Å². The number of hydrogen-bond donors (Lipinski definition) is 3. The summed E-state index contributed by atoms with van der Waals surface area (Å²) in [6, 6.07) is -0.570. The number of rotatable bonds is 10. The second kappa shape index (κ2) is 10.5. The standard InChI is InChI=1S/C20H34N4O5/c1-4-29-19(28)22-15(12-14(2)3)13-21-16(25)8-7-11-24-17(26)20(23-18(24)27)9-5-6-10-20/h14-15H,4-13H2,1-3H3,(H,21,25)(H,22,28)(H,23,27). The summed E-state index contributed by atoms with van der Waals surface area (Å²) in [5.74, 6) is 0.0181. The Morgan fingerprint density at radius 2 is 1.93 bits per heavy atom. The summed E-state index contributed by atoms with van der Waals surface area (Å²) >= 11 is 0. The molecule has 9 nitrogen and oxygen atoms in total. The zero-order valence-corrected chi connectivity index (χ0v) is 17.7. The van der Waals surface area contributed by atoms with Crippen LogP contribution in [-0.4, -0.2) is 60.1 Å². The molecular formula is C20H34N4O5. The summed E-state index contributed by atoms with van der Waals surface area (Å²) in [6.07, 6.45) is 4.10. The normalized spacial score (nSPS) is 18.8. The molecule has 1 heterocycles. The molecule has 1 aliphatic heterocycles. The number of carbonyl (C=O) groups is 4. The second-order valence-electron chi connectivity index (χ2n) is 8.28. The Hall–Kier alpha value is -2.32. The Labute approximate surface area is 172 Å². The lowest BCUT2D eigenvalue weighted by atomic mass is 9.98. The summed E-state index contributed by atoms with van der Waals surface area (Å²) < 4.78 is 4.90. The lowest BCUT2D eigenvalue weighted by Gasteiger charge is -2.21. The van der Waals surface area contributed by atoms with Crippen molar-refractivity contribution < 1.29 is 23.9 Å². The zero-order valence-electron chi connectivity index (χ0n) is 17.7. The molecule has 0 aromatic rings. The SMILES string of the molecule is CCOC(=O)NC(CNC(=O)CCCN1C(=O)NC2(CCCC2)C1=O)CC(C)C. The highest BCUT2D eigenvalue weighted by Crippen LogP contribution is 2.35. The van der Waals surface area contributed by atoms with Gasteiger partial charge in [0.05, 0.1) is 6.61 Å². The monoisotopic (exact) mass is 410 g/mol. The van der Waals surface area contributed by atoms with Gasteiger partial charge in [0.2, 0.25) is 5.91 Å². The quantitative estimate of drug-likeness (QED) is 0.476. The molecule has 164 valence electrons. The minimum absolute atomic E-state index is 0.156. The molecule has 3 N–H and O–H groups in total. The third-order valence-electron chi connectivity index (χ3n) is 5.39. The second-order valence-corrected chi connectivity index (χ2v) is 8.28. The molecule has 29 heavy (non-hydrogen) atoms. The van der Waals surface area contributed by atoms with Gasteiger partial charge in [-0.15, -0.1) is 0 Å². The number of alkyl carbamates (subject to hydrolysis) is 1. The summed E-state index contributed by atoms with van der Waals surface area (Å²) in [6.45, 7) is 6.64. The summed E-state index contributed by atoms with van der Waals surface area (Å²) in [5.41, 5.74) is -0.706. The number of carbonyl (C=O) groups excluding carboxylic acids is 4. The predicted molar refractivity (Wildman–Crippen MR) is 107 cm³/mol. The van der Waals surface area contributed by atoms with Crippen molar-refractivity contribution in [3.05, 3.63) is 0 Å². The van der Waals surface area contributed by atoms with E-state index in [0.717, 1.165) is 12.8 Å². The molecule has 1 spiro atoms. The van der Waals surface area contributed by atoms with Crippen LogP contribution in [0.25, 0.3) is 0 Å². The van der Waals surface area contributed by atoms with Crippen LogP contribution < -0.4 is 16.0 Å². The maximum Gasteiger partial charge on any atom is 0.407 e. The molecule has 2 aliphatic rings. The summed E-state index contributed by atoms with van der Waals surface area (Å²) in [7, 11) is 0. The number of imide groups is 1. The molecular weight excluding hydrogens is 376 g/mol. The number of ether oxygens (including phenoxy) is 1. The maximum atomic E-state index is 12.6. The van der Waals surface area contributed by atoms with Gasteiger partial charge in [-0.2, -0.15) is 0 Å². The van der Waals surface area contributed by atoms with Crippen molar-refractivity contribution in [1.29, 1.82) is 0 Å². The minimum Gasteiger partial charge on any atom is -0.450 e.